The van der Waals surface area contributed by atoms with Gasteiger partial charge < -0.3 is 110 Å². The molecular formula is C84H102N24O16S+2. The van der Waals surface area contributed by atoms with E-state index in [0.717, 1.165) is 41.0 Å². The molecule has 41 heteroatoms. The number of aryl methyl sites for hydroxylation is 6. The Kier molecular flexibility index (Phi) is 29.9. The quantitative estimate of drug-likeness (QED) is 0.00432. The van der Waals surface area contributed by atoms with Crippen LogP contribution >= 0.6 is 11.8 Å². The number of amides is 7. The van der Waals surface area contributed by atoms with Crippen molar-refractivity contribution in [3.8, 4) is 11.1 Å². The highest BCUT2D eigenvalue weighted by molar-refractivity contribution is 8.00. The molecular weight excluding hydrogens is 1630 g/mol. The Balaban J connectivity index is 0.694. The zero-order chi connectivity index (χ0) is 90.2. The number of fused-ring (bicyclic) bond motifs is 2. The number of carbonyl (C=O) groups excluding carboxylic acids is 7. The summed E-state index contributed by atoms with van der Waals surface area (Å²) in [5, 5.41) is 89.9. The van der Waals surface area contributed by atoms with Crippen molar-refractivity contribution in [2.24, 2.45) is 65.2 Å². The standard InChI is InChI=1S/C84H100N24O16S/c1-99(2)31-12-24-86-68(109)20-26-89-78(116)61-36-50(43-104(61)9)95-80(118)63-38-52(45-107(63)32-13-25-88-76(114)58(85)47-125-66-41-72(113)108(83(66)121)59-19-14-48(34-57(59)84(122)123)73-55-17-15-53(100(3)4)39-64(55)124-65-40-54(101(5)6)16-18-56(65)73)94-70(111)22-28-90-77(115)60-35-49(42-103(60)8)93-69(110)21-27-91-79(117)62-37-51(44-105(62)10)96-82(120)75-98-67(46-106(75)11)97-71(112)23-29-92-81(119)74-87-30-33-102(74)7/h14-19,30,33-40,42-46,58,66H,12-13,20-29,31-32,41,47,85H2,1-11H3,(H11-,86,88,89,90,91,92,93,94,95,96,97,109,110,111,112,114,115,116,117,118,119,120,122,123)/p+2/t58-,66?/m0/s1. The third kappa shape index (κ3) is 23.2. The Morgan fingerprint density at radius 1 is 0.568 bits per heavy atom. The summed E-state index contributed by atoms with van der Waals surface area (Å²) in [4.78, 5) is 148. The molecule has 10 aromatic rings. The second-order valence-electron chi connectivity index (χ2n) is 30.3. The molecule has 7 amide bonds. The minimum absolute atomic E-state index is 0.0100. The van der Waals surface area contributed by atoms with Gasteiger partial charge in [-0.3, -0.25) is 43.5 Å². The third-order valence-corrected chi connectivity index (χ3v) is 21.4. The molecule has 40 nitrogen and oxygen atoms in total. The average Bonchev–Trinajstić information content (AvgIpc) is 1.22. The molecule has 2 atom stereocenters. The van der Waals surface area contributed by atoms with Crippen LogP contribution in [-0.2, 0) is 51.4 Å². The summed E-state index contributed by atoms with van der Waals surface area (Å²) >= 11 is 1.07. The number of carbonyl (C=O) groups is 8. The normalized spacial score (nSPS) is 14.0. The van der Waals surface area contributed by atoms with Gasteiger partial charge in [0, 0.05) is 189 Å². The number of imide groups is 1. The van der Waals surface area contributed by atoms with Crippen molar-refractivity contribution in [2.75, 3.05) is 119 Å². The highest BCUT2D eigenvalue weighted by Gasteiger charge is 2.42. The largest absolute Gasteiger partial charge is 0.497 e. The van der Waals surface area contributed by atoms with Crippen LogP contribution in [0.3, 0.4) is 0 Å². The maximum atomic E-state index is 14.3. The van der Waals surface area contributed by atoms with E-state index in [0.29, 0.717) is 39.6 Å². The number of nitrogens with one attached hydrogen (secondary N) is 5. The fourth-order valence-corrected chi connectivity index (χ4v) is 14.7. The van der Waals surface area contributed by atoms with E-state index in [1.165, 1.54) is 91.8 Å². The summed E-state index contributed by atoms with van der Waals surface area (Å²) < 4.78 is 15.5. The average molecular weight is 1740 g/mol. The number of aromatic carboxylic acids is 1. The van der Waals surface area contributed by atoms with Gasteiger partial charge >= 0.3 is 17.1 Å². The first kappa shape index (κ1) is 91.3. The molecule has 1 unspecified atom stereocenters. The number of hydrogen-bond acceptors (Lipinski definition) is 20. The van der Waals surface area contributed by atoms with E-state index in [-0.39, 0.29) is 181 Å². The summed E-state index contributed by atoms with van der Waals surface area (Å²) in [6.07, 6.45) is 11.1. The fourth-order valence-electron chi connectivity index (χ4n) is 13.6. The van der Waals surface area contributed by atoms with Crippen molar-refractivity contribution >= 4 is 162 Å². The summed E-state index contributed by atoms with van der Waals surface area (Å²) in [7, 11) is 19.6. The van der Waals surface area contributed by atoms with Crippen LogP contribution in [-0.4, -0.2) is 266 Å². The van der Waals surface area contributed by atoms with Crippen molar-refractivity contribution in [1.82, 2.24) is 58.2 Å². The molecule has 0 aliphatic carbocycles. The number of benzene rings is 3. The van der Waals surface area contributed by atoms with Crippen LogP contribution in [0.25, 0.3) is 33.1 Å². The van der Waals surface area contributed by atoms with E-state index in [2.05, 4.69) is 72.2 Å². The molecule has 0 radical (unpaired) electrons. The van der Waals surface area contributed by atoms with Gasteiger partial charge in [0.2, 0.25) is 29.4 Å². The van der Waals surface area contributed by atoms with Crippen molar-refractivity contribution in [2.45, 2.75) is 62.8 Å². The summed E-state index contributed by atoms with van der Waals surface area (Å²) in [6, 6.07) is 21.0. The van der Waals surface area contributed by atoms with Gasteiger partial charge in [0.05, 0.1) is 80.6 Å². The Morgan fingerprint density at radius 2 is 1.14 bits per heavy atom. The predicted octanol–water partition coefficient (Wildman–Crippen LogP) is 8.00. The van der Waals surface area contributed by atoms with Crippen LogP contribution in [0.15, 0.2) is 157 Å². The van der Waals surface area contributed by atoms with Gasteiger partial charge in [-0.2, -0.15) is 4.99 Å². The molecule has 15 N–H and O–H groups in total. The number of carboxylic acids is 1. The zero-order valence-corrected chi connectivity index (χ0v) is 71.8. The fraction of sp³-hybridized carbons (Fsp3) is 0.345. The number of aliphatic hydroxyl groups excluding tert-OH is 6. The van der Waals surface area contributed by atoms with Gasteiger partial charge in [0.25, 0.3) is 29.5 Å². The van der Waals surface area contributed by atoms with E-state index in [9.17, 15) is 74.1 Å². The van der Waals surface area contributed by atoms with Gasteiger partial charge in [0.1, 0.15) is 22.8 Å². The van der Waals surface area contributed by atoms with Gasteiger partial charge in [-0.1, -0.05) is 6.07 Å². The SMILES string of the molecule is CN(C)CCCN=C(O)CCNC(=O)c1cc(NC(=O)c2cc(N=C(O)CCN=C(O)c3cc(N=C(O)CCNC(=O)c4cc(NC(=O)c5nc(N=C(O)CCNC(=O)c6nccn6C)cn5C)cn4C)cn3C)cn2CCCN=C(O)[C@@H]([NH3+])CSC2CC(=O)N(c3ccc(-c4c5ccc(N(C)C)cc5[o+]c5cc(N(C)C)ccc45)cc3C(=O)O)C2=O)cn1C. The maximum Gasteiger partial charge on any atom is 0.363 e. The first-order valence-electron chi connectivity index (χ1n) is 39.8. The van der Waals surface area contributed by atoms with Crippen LogP contribution in [0.4, 0.5) is 45.6 Å². The molecule has 8 heterocycles. The number of aliphatic hydroxyl groups is 6. The first-order chi connectivity index (χ1) is 59.6. The Labute approximate surface area is 721 Å². The minimum atomic E-state index is -1.36. The molecule has 1 saturated heterocycles. The Bertz CT molecular complexity index is 5870. The van der Waals surface area contributed by atoms with Crippen LogP contribution < -0.4 is 47.0 Å². The number of nitrogens with zero attached hydrogens (tertiary/aromatic N) is 18. The number of imidazole rings is 2. The molecule has 0 bridgehead atoms. The van der Waals surface area contributed by atoms with E-state index in [1.807, 2.05) is 93.4 Å². The van der Waals surface area contributed by atoms with Crippen LogP contribution in [0, 0.1) is 0 Å². The van der Waals surface area contributed by atoms with Crippen LogP contribution in [0.5, 0.6) is 0 Å². The van der Waals surface area contributed by atoms with Gasteiger partial charge in [0.15, 0.2) is 41.3 Å². The van der Waals surface area contributed by atoms with E-state index in [1.54, 1.807) is 56.6 Å². The predicted molar refractivity (Wildman–Crippen MR) is 479 cm³/mol. The monoisotopic (exact) mass is 1730 g/mol. The number of carboxylic acid groups (broad SMARTS) is 1. The number of quaternary nitrogens is 1. The molecule has 0 saturated carbocycles. The van der Waals surface area contributed by atoms with Gasteiger partial charge in [-0.25, -0.2) is 39.1 Å². The van der Waals surface area contributed by atoms with Crippen LogP contribution in [0.2, 0.25) is 0 Å². The molecule has 7 aromatic heterocycles. The Hall–Kier alpha value is -14.5. The highest BCUT2D eigenvalue weighted by atomic mass is 32.2. The zero-order valence-electron chi connectivity index (χ0n) is 71.0. The number of aliphatic imine (C=N–C) groups is 6. The lowest BCUT2D eigenvalue weighted by Gasteiger charge is -2.19. The highest BCUT2D eigenvalue weighted by Crippen LogP contribution is 2.42. The Morgan fingerprint density at radius 3 is 1.74 bits per heavy atom. The molecule has 125 heavy (non-hydrogen) atoms. The second kappa shape index (κ2) is 40.9. The number of thioether (sulfide) groups is 1. The minimum Gasteiger partial charge on any atom is -0.497 e. The van der Waals surface area contributed by atoms with E-state index in [4.69, 9.17) is 4.42 Å². The lowest BCUT2D eigenvalue weighted by molar-refractivity contribution is -0.390. The van der Waals surface area contributed by atoms with E-state index < -0.39 is 70.4 Å². The van der Waals surface area contributed by atoms with Gasteiger partial charge in [-0.15, -0.1) is 11.8 Å². The molecule has 11 rings (SSSR count). The van der Waals surface area contributed by atoms with Crippen molar-refractivity contribution in [3.05, 3.63) is 162 Å². The molecule has 0 spiro atoms. The number of rotatable bonds is 40. The number of anilines is 5. The number of aromatic nitrogens is 8. The molecule has 1 aliphatic rings. The second-order valence-corrected chi connectivity index (χ2v) is 31.5. The maximum absolute atomic E-state index is 14.3. The lowest BCUT2D eigenvalue weighted by Crippen LogP contribution is -2.66. The summed E-state index contributed by atoms with van der Waals surface area (Å²) in [5.41, 5.74) is 9.32. The molecule has 1 aliphatic heterocycles. The van der Waals surface area contributed by atoms with Crippen molar-refractivity contribution in [1.29, 1.82) is 0 Å². The molecule has 1 fully saturated rings. The summed E-state index contributed by atoms with van der Waals surface area (Å²) in [6.45, 7) is 1.26. The van der Waals surface area contributed by atoms with Crippen LogP contribution in [0.1, 0.15) is 114 Å². The first-order valence-corrected chi connectivity index (χ1v) is 40.8. The smallest absolute Gasteiger partial charge is 0.363 e. The molecule has 658 valence electrons. The summed E-state index contributed by atoms with van der Waals surface area (Å²) in [5.74, 6) is -7.08. The van der Waals surface area contributed by atoms with Crippen molar-refractivity contribution in [3.63, 3.8) is 0 Å². The lowest BCUT2D eigenvalue weighted by atomic mass is 9.94. The molecule has 3 aromatic carbocycles. The van der Waals surface area contributed by atoms with E-state index >= 15 is 0 Å². The third-order valence-electron chi connectivity index (χ3n) is 20.0. The van der Waals surface area contributed by atoms with Gasteiger partial charge in [-0.05, 0) is 99.7 Å². The number of hydrogen-bond donors (Lipinski definition) is 13. The topological polar surface area (TPSA) is 520 Å². The van der Waals surface area contributed by atoms with Crippen molar-refractivity contribution < 1.29 is 84.3 Å².